The Hall–Kier alpha value is -1.58. The largest absolute Gasteiger partial charge is 0.384 e. The van der Waals surface area contributed by atoms with E-state index in [9.17, 15) is 0 Å². The second-order valence-corrected chi connectivity index (χ2v) is 3.11. The van der Waals surface area contributed by atoms with Crippen LogP contribution in [0.2, 0.25) is 0 Å². The van der Waals surface area contributed by atoms with Gasteiger partial charge in [0.15, 0.2) is 0 Å². The van der Waals surface area contributed by atoms with Gasteiger partial charge in [0.25, 0.3) is 0 Å². The minimum Gasteiger partial charge on any atom is -0.384 e. The van der Waals surface area contributed by atoms with Crippen LogP contribution < -0.4 is 11.1 Å². The number of anilines is 1. The van der Waals surface area contributed by atoms with Crippen molar-refractivity contribution in [3.63, 3.8) is 0 Å². The maximum Gasteiger partial charge on any atom is 0.137 e. The zero-order valence-electron chi connectivity index (χ0n) is 7.83. The molecule has 0 fully saturated rings. The molecule has 1 heterocycles. The van der Waals surface area contributed by atoms with Gasteiger partial charge >= 0.3 is 0 Å². The van der Waals surface area contributed by atoms with Crippen molar-refractivity contribution >= 4 is 11.7 Å². The number of nitrogen functional groups attached to an aromatic ring is 1. The summed E-state index contributed by atoms with van der Waals surface area (Å²) in [5, 5.41) is 10.4. The Labute approximate surface area is 77.7 Å². The molecule has 0 aliphatic rings. The third-order valence-electron chi connectivity index (χ3n) is 1.52. The monoisotopic (exact) mass is 178 g/mol. The average Bonchev–Trinajstić information content (AvgIpc) is 2.03. The van der Waals surface area contributed by atoms with E-state index in [0.717, 1.165) is 0 Å². The van der Waals surface area contributed by atoms with Gasteiger partial charge in [-0.2, -0.15) is 0 Å². The molecule has 0 aromatic carbocycles. The number of aromatic nitrogens is 1. The predicted octanol–water partition coefficient (Wildman–Crippen LogP) is 1.19. The SMILES string of the molecule is CC(C)Nc1ncccc1C(=N)N. The first-order valence-corrected chi connectivity index (χ1v) is 4.17. The molecule has 0 unspecified atom stereocenters. The zero-order chi connectivity index (χ0) is 9.84. The van der Waals surface area contributed by atoms with E-state index < -0.39 is 0 Å². The second kappa shape index (κ2) is 3.89. The van der Waals surface area contributed by atoms with E-state index in [1.165, 1.54) is 0 Å². The van der Waals surface area contributed by atoms with Crippen LogP contribution in [-0.4, -0.2) is 16.9 Å². The van der Waals surface area contributed by atoms with Crippen LogP contribution in [-0.2, 0) is 0 Å². The Bertz CT molecular complexity index is 306. The molecule has 70 valence electrons. The van der Waals surface area contributed by atoms with Gasteiger partial charge < -0.3 is 11.1 Å². The molecule has 0 radical (unpaired) electrons. The van der Waals surface area contributed by atoms with Crippen LogP contribution in [0.15, 0.2) is 18.3 Å². The normalized spacial score (nSPS) is 10.1. The molecule has 0 saturated heterocycles. The minimum atomic E-state index is 0.0382. The van der Waals surface area contributed by atoms with Crippen molar-refractivity contribution in [2.75, 3.05) is 5.32 Å². The van der Waals surface area contributed by atoms with Crippen molar-refractivity contribution < 1.29 is 0 Å². The summed E-state index contributed by atoms with van der Waals surface area (Å²) < 4.78 is 0. The summed E-state index contributed by atoms with van der Waals surface area (Å²) in [6, 6.07) is 3.83. The molecule has 13 heavy (non-hydrogen) atoms. The van der Waals surface area contributed by atoms with Gasteiger partial charge in [-0.15, -0.1) is 0 Å². The highest BCUT2D eigenvalue weighted by Crippen LogP contribution is 2.11. The summed E-state index contributed by atoms with van der Waals surface area (Å²) in [5.41, 5.74) is 6.04. The summed E-state index contributed by atoms with van der Waals surface area (Å²) in [6.07, 6.45) is 1.68. The highest BCUT2D eigenvalue weighted by atomic mass is 15.0. The van der Waals surface area contributed by atoms with E-state index in [-0.39, 0.29) is 11.9 Å². The van der Waals surface area contributed by atoms with Crippen molar-refractivity contribution in [3.8, 4) is 0 Å². The predicted molar refractivity (Wildman–Crippen MR) is 54.0 cm³/mol. The lowest BCUT2D eigenvalue weighted by Gasteiger charge is -2.11. The molecular formula is C9H14N4. The summed E-state index contributed by atoms with van der Waals surface area (Å²) in [7, 11) is 0. The second-order valence-electron chi connectivity index (χ2n) is 3.11. The average molecular weight is 178 g/mol. The standard InChI is InChI=1S/C9H14N4/c1-6(2)13-9-7(8(10)11)4-3-5-12-9/h3-6H,1-2H3,(H3,10,11)(H,12,13). The Kier molecular flexibility index (Phi) is 2.84. The number of hydrogen-bond acceptors (Lipinski definition) is 3. The van der Waals surface area contributed by atoms with Crippen LogP contribution >= 0.6 is 0 Å². The van der Waals surface area contributed by atoms with Gasteiger partial charge in [-0.3, -0.25) is 5.41 Å². The number of hydrogen-bond donors (Lipinski definition) is 3. The molecule has 1 aromatic heterocycles. The summed E-state index contributed by atoms with van der Waals surface area (Å²) in [6.45, 7) is 4.02. The van der Waals surface area contributed by atoms with Crippen LogP contribution in [0.1, 0.15) is 19.4 Å². The van der Waals surface area contributed by atoms with Crippen LogP contribution in [0.5, 0.6) is 0 Å². The third kappa shape index (κ3) is 2.43. The molecule has 1 rings (SSSR count). The molecule has 0 aliphatic heterocycles. The van der Waals surface area contributed by atoms with Crippen molar-refractivity contribution in [3.05, 3.63) is 23.9 Å². The summed E-state index contributed by atoms with van der Waals surface area (Å²) in [4.78, 5) is 4.11. The third-order valence-corrected chi connectivity index (χ3v) is 1.52. The molecule has 4 heteroatoms. The van der Waals surface area contributed by atoms with Crippen molar-refractivity contribution in [1.29, 1.82) is 5.41 Å². The number of nitrogens with zero attached hydrogens (tertiary/aromatic N) is 1. The smallest absolute Gasteiger partial charge is 0.137 e. The van der Waals surface area contributed by atoms with Crippen LogP contribution in [0.3, 0.4) is 0 Å². The summed E-state index contributed by atoms with van der Waals surface area (Å²) >= 11 is 0. The van der Waals surface area contributed by atoms with Gasteiger partial charge in [-0.05, 0) is 26.0 Å². The first-order valence-electron chi connectivity index (χ1n) is 4.17. The number of nitrogens with one attached hydrogen (secondary N) is 2. The highest BCUT2D eigenvalue weighted by molar-refractivity contribution is 5.99. The lowest BCUT2D eigenvalue weighted by Crippen LogP contribution is -2.18. The Morgan fingerprint density at radius 1 is 1.62 bits per heavy atom. The highest BCUT2D eigenvalue weighted by Gasteiger charge is 2.05. The maximum atomic E-state index is 7.32. The molecule has 0 atom stereocenters. The van der Waals surface area contributed by atoms with E-state index in [1.807, 2.05) is 13.8 Å². The molecule has 4 nitrogen and oxygen atoms in total. The van der Waals surface area contributed by atoms with E-state index in [4.69, 9.17) is 11.1 Å². The molecule has 4 N–H and O–H groups in total. The minimum absolute atomic E-state index is 0.0382. The van der Waals surface area contributed by atoms with Crippen LogP contribution in [0.25, 0.3) is 0 Å². The fourth-order valence-electron chi connectivity index (χ4n) is 1.01. The Balaban J connectivity index is 2.98. The summed E-state index contributed by atoms with van der Waals surface area (Å²) in [5.74, 6) is 0.709. The van der Waals surface area contributed by atoms with Gasteiger partial charge in [0.2, 0.25) is 0 Å². The molecule has 0 amide bonds. The first-order chi connectivity index (χ1) is 6.11. The molecule has 0 bridgehead atoms. The number of pyridine rings is 1. The van der Waals surface area contributed by atoms with E-state index >= 15 is 0 Å². The fraction of sp³-hybridized carbons (Fsp3) is 0.333. The van der Waals surface area contributed by atoms with E-state index in [1.54, 1.807) is 18.3 Å². The maximum absolute atomic E-state index is 7.32. The number of rotatable bonds is 3. The van der Waals surface area contributed by atoms with E-state index in [0.29, 0.717) is 11.4 Å². The van der Waals surface area contributed by atoms with E-state index in [2.05, 4.69) is 10.3 Å². The van der Waals surface area contributed by atoms with Crippen molar-refractivity contribution in [1.82, 2.24) is 4.98 Å². The van der Waals surface area contributed by atoms with Gasteiger partial charge in [0.05, 0.1) is 5.56 Å². The Morgan fingerprint density at radius 2 is 2.31 bits per heavy atom. The lowest BCUT2D eigenvalue weighted by atomic mass is 10.2. The van der Waals surface area contributed by atoms with Gasteiger partial charge in [-0.1, -0.05) is 0 Å². The quantitative estimate of drug-likeness (QED) is 0.480. The van der Waals surface area contributed by atoms with Gasteiger partial charge in [-0.25, -0.2) is 4.98 Å². The van der Waals surface area contributed by atoms with Gasteiger partial charge in [0, 0.05) is 12.2 Å². The van der Waals surface area contributed by atoms with Crippen molar-refractivity contribution in [2.45, 2.75) is 19.9 Å². The fourth-order valence-corrected chi connectivity index (χ4v) is 1.01. The molecule has 0 saturated carbocycles. The molecule has 0 aliphatic carbocycles. The van der Waals surface area contributed by atoms with Crippen LogP contribution in [0.4, 0.5) is 5.82 Å². The number of amidine groups is 1. The molecule has 1 aromatic rings. The van der Waals surface area contributed by atoms with Crippen LogP contribution in [0, 0.1) is 5.41 Å². The Morgan fingerprint density at radius 3 is 2.85 bits per heavy atom. The molecular weight excluding hydrogens is 164 g/mol. The van der Waals surface area contributed by atoms with Gasteiger partial charge in [0.1, 0.15) is 11.7 Å². The number of nitrogens with two attached hydrogens (primary N) is 1. The topological polar surface area (TPSA) is 74.8 Å². The first kappa shape index (κ1) is 9.51. The molecule has 0 spiro atoms. The zero-order valence-corrected chi connectivity index (χ0v) is 7.83. The lowest BCUT2D eigenvalue weighted by molar-refractivity contribution is 0.888. The van der Waals surface area contributed by atoms with Crippen molar-refractivity contribution in [2.24, 2.45) is 5.73 Å².